The molecule has 2 saturated carbocycles. The average molecular weight is 539 g/mol. The van der Waals surface area contributed by atoms with Crippen molar-refractivity contribution in [2.24, 2.45) is 11.8 Å². The summed E-state index contributed by atoms with van der Waals surface area (Å²) in [6.07, 6.45) is 14.7. The molecule has 176 valence electrons. The van der Waals surface area contributed by atoms with Gasteiger partial charge in [-0.15, -0.1) is 11.6 Å². The monoisotopic (exact) mass is 538 g/mol. The zero-order chi connectivity index (χ0) is 22.5. The van der Waals surface area contributed by atoms with Crippen LogP contribution < -0.4 is 0 Å². The van der Waals surface area contributed by atoms with E-state index in [2.05, 4.69) is 58.7 Å². The van der Waals surface area contributed by atoms with E-state index >= 15 is 0 Å². The molecule has 0 aromatic carbocycles. The maximum absolute atomic E-state index is 2.82. The molecule has 2 aliphatic rings. The van der Waals surface area contributed by atoms with Crippen LogP contribution in [0.5, 0.6) is 0 Å². The minimum absolute atomic E-state index is 0.390. The van der Waals surface area contributed by atoms with Crippen molar-refractivity contribution in [3.8, 4) is 0 Å². The van der Waals surface area contributed by atoms with Crippen LogP contribution in [0.4, 0.5) is 0 Å². The van der Waals surface area contributed by atoms with Crippen LogP contribution >= 0.6 is 0 Å². The van der Waals surface area contributed by atoms with Gasteiger partial charge >= 0.3 is 91.6 Å². The molecule has 0 aliphatic heterocycles. The number of rotatable bonds is 10. The molecule has 0 radical (unpaired) electrons. The van der Waals surface area contributed by atoms with Crippen molar-refractivity contribution in [1.29, 1.82) is 0 Å². The molecule has 0 aromatic rings. The van der Waals surface area contributed by atoms with Crippen molar-refractivity contribution in [3.63, 3.8) is 0 Å². The van der Waals surface area contributed by atoms with Gasteiger partial charge in [-0.3, -0.25) is 0 Å². The van der Waals surface area contributed by atoms with Crippen LogP contribution in [-0.2, 0) is 0 Å². The van der Waals surface area contributed by atoms with Crippen molar-refractivity contribution >= 4 is 35.6 Å². The molecule has 30 heavy (non-hydrogen) atoms. The molecule has 4 heteroatoms. The van der Waals surface area contributed by atoms with Crippen LogP contribution in [0.1, 0.15) is 78.1 Å². The molecule has 2 nitrogen and oxygen atoms in total. The molecule has 4 atom stereocenters. The van der Waals surface area contributed by atoms with Crippen LogP contribution in [0.3, 0.4) is 0 Å². The van der Waals surface area contributed by atoms with Crippen LogP contribution in [0.2, 0.25) is 29.9 Å². The normalized spacial score (nSPS) is 27.0. The standard InChI is InChI=1S/C13H26N.C9H18N.4CH3.Al.In/c1-4-10-14(11-5-2)13-9-7-6-8-12(13)3;1-10(2)8-9-6-4-3-5-7-9;;;;;;/h12-13H,3-11H2,1-2H3;6,9H,3-5,7-8H2,1-2H3;4*1H3;;. The van der Waals surface area contributed by atoms with Crippen LogP contribution in [0, 0.1) is 11.8 Å². The summed E-state index contributed by atoms with van der Waals surface area (Å²) in [4.78, 5) is 5.21. The third-order valence-corrected chi connectivity index (χ3v) is 16.5. The van der Waals surface area contributed by atoms with E-state index < -0.39 is 35.6 Å². The summed E-state index contributed by atoms with van der Waals surface area (Å²) in [7, 11) is 4.45. The van der Waals surface area contributed by atoms with Crippen molar-refractivity contribution in [2.45, 2.75) is 114 Å². The number of hydrogen-bond acceptors (Lipinski definition) is 2. The van der Waals surface area contributed by atoms with Gasteiger partial charge in [0.05, 0.1) is 0 Å². The van der Waals surface area contributed by atoms with Gasteiger partial charge in [0.15, 0.2) is 0 Å². The van der Waals surface area contributed by atoms with E-state index in [1.54, 1.807) is 11.7 Å². The first-order chi connectivity index (χ1) is 14.3. The van der Waals surface area contributed by atoms with Crippen molar-refractivity contribution in [3.05, 3.63) is 0 Å². The molecule has 2 rings (SSSR count). The summed E-state index contributed by atoms with van der Waals surface area (Å²) in [6, 6.07) is 0.929. The van der Waals surface area contributed by atoms with Gasteiger partial charge in [0.25, 0.3) is 14.1 Å². The molecule has 2 fully saturated rings. The van der Waals surface area contributed by atoms with Crippen LogP contribution in [0.25, 0.3) is 0 Å². The summed E-state index contributed by atoms with van der Waals surface area (Å²) in [6.45, 7) is 8.67. The van der Waals surface area contributed by atoms with Gasteiger partial charge in [0.1, 0.15) is 0 Å². The minimum atomic E-state index is -1.05. The predicted molar refractivity (Wildman–Crippen MR) is 142 cm³/mol. The summed E-state index contributed by atoms with van der Waals surface area (Å²) in [5.74, 6) is 7.14. The Labute approximate surface area is 203 Å². The number of nitrogens with zero attached hydrogens (tertiary/aromatic N) is 2. The van der Waals surface area contributed by atoms with Gasteiger partial charge in [-0.1, -0.05) is 38.4 Å². The van der Waals surface area contributed by atoms with E-state index in [-0.39, 0.29) is 0 Å². The summed E-state index contributed by atoms with van der Waals surface area (Å²) in [5.41, 5.74) is 0. The topological polar surface area (TPSA) is 6.48 Å². The van der Waals surface area contributed by atoms with Crippen LogP contribution in [-0.4, -0.2) is 85.2 Å². The fraction of sp³-hybridized carbons (Fsp3) is 1.00. The molecule has 0 bridgehead atoms. The second-order valence-corrected chi connectivity index (χ2v) is 24.3. The van der Waals surface area contributed by atoms with Crippen molar-refractivity contribution in [1.82, 2.24) is 9.80 Å². The Kier molecular flexibility index (Phi) is 16.5. The van der Waals surface area contributed by atoms with Crippen molar-refractivity contribution in [2.75, 3.05) is 33.7 Å². The van der Waals surface area contributed by atoms with E-state index in [0.29, 0.717) is 0 Å². The maximum atomic E-state index is 2.82. The van der Waals surface area contributed by atoms with Crippen LogP contribution in [0.15, 0.2) is 0 Å². The van der Waals surface area contributed by atoms with E-state index in [0.717, 1.165) is 17.9 Å². The summed E-state index contributed by atoms with van der Waals surface area (Å²) < 4.78 is 6.39. The third-order valence-electron chi connectivity index (χ3n) is 7.56. The van der Waals surface area contributed by atoms with Gasteiger partial charge < -0.3 is 4.90 Å². The molecule has 0 N–H and O–H groups in total. The summed E-state index contributed by atoms with van der Waals surface area (Å²) >= 11 is -1.44. The van der Waals surface area contributed by atoms with E-state index in [1.807, 2.05) is 0 Å². The van der Waals surface area contributed by atoms with E-state index in [1.165, 1.54) is 81.1 Å². The molecule has 0 aromatic heterocycles. The quantitative estimate of drug-likeness (QED) is 0.270. The Balaban J connectivity index is 0.000000311. The molecule has 0 amide bonds. The van der Waals surface area contributed by atoms with Gasteiger partial charge in [-0.2, -0.15) is 0 Å². The molecule has 0 spiro atoms. The Morgan fingerprint density at radius 3 is 1.83 bits per heavy atom. The molecule has 0 saturated heterocycles. The fourth-order valence-corrected chi connectivity index (χ4v) is 14.7. The van der Waals surface area contributed by atoms with E-state index in [9.17, 15) is 0 Å². The molecular weight excluding hydrogens is 482 g/mol. The van der Waals surface area contributed by atoms with Crippen molar-refractivity contribution < 1.29 is 0 Å². The van der Waals surface area contributed by atoms with Gasteiger partial charge in [-0.25, -0.2) is 0 Å². The molecular formula is C26H56AlInN2. The Bertz CT molecular complexity index is 405. The molecule has 4 unspecified atom stereocenters. The Morgan fingerprint density at radius 1 is 0.800 bits per heavy atom. The SMILES string of the molecule is CCCN(CCC)C1CCCCC1[CH2][Al]([CH3])[CH3].CN(C)CC1CCCC[CH]1[In]([CH3])[CH3]. The first-order valence-electron chi connectivity index (χ1n) is 13.7. The Morgan fingerprint density at radius 2 is 1.33 bits per heavy atom. The first-order valence-corrected chi connectivity index (χ1v) is 25.3. The average Bonchev–Trinajstić information content (AvgIpc) is 2.68. The molecule has 2 aliphatic carbocycles. The molecule has 0 heterocycles. The first kappa shape index (κ1) is 29.4. The summed E-state index contributed by atoms with van der Waals surface area (Å²) in [5, 5.41) is 1.58. The van der Waals surface area contributed by atoms with Gasteiger partial charge in [-0.05, 0) is 38.3 Å². The third kappa shape index (κ3) is 11.5. The zero-order valence-electron chi connectivity index (χ0n) is 22.3. The van der Waals surface area contributed by atoms with Gasteiger partial charge in [0.2, 0.25) is 0 Å². The Hall–Kier alpha value is 1.32. The second kappa shape index (κ2) is 16.9. The zero-order valence-corrected chi connectivity index (χ0v) is 26.7. The van der Waals surface area contributed by atoms with Gasteiger partial charge in [0, 0.05) is 6.04 Å². The fourth-order valence-electron chi connectivity index (χ4n) is 6.38. The number of hydrogen-bond donors (Lipinski definition) is 0. The van der Waals surface area contributed by atoms with E-state index in [4.69, 9.17) is 0 Å². The predicted octanol–water partition coefficient (Wildman–Crippen LogP) is 7.28. The second-order valence-electron chi connectivity index (χ2n) is 11.5.